The quantitative estimate of drug-likeness (QED) is 0.179. The number of aliphatic hydroxyl groups is 1. The van der Waals surface area contributed by atoms with Crippen LogP contribution in [0.3, 0.4) is 0 Å². The number of allylic oxidation sites excluding steroid dienone is 1. The van der Waals surface area contributed by atoms with E-state index < -0.39 is 53.3 Å². The topological polar surface area (TPSA) is 125 Å². The second-order valence-corrected chi connectivity index (χ2v) is 13.9. The Labute approximate surface area is 257 Å². The van der Waals surface area contributed by atoms with Crippen molar-refractivity contribution in [3.63, 3.8) is 0 Å². The molecule has 0 amide bonds. The fraction of sp³-hybridized carbons (Fsp3) is 0.824. The van der Waals surface area contributed by atoms with Gasteiger partial charge in [-0.15, -0.1) is 0 Å². The Morgan fingerprint density at radius 1 is 0.860 bits per heavy atom. The first-order chi connectivity index (χ1) is 20.1. The highest BCUT2D eigenvalue weighted by molar-refractivity contribution is 5.71. The van der Waals surface area contributed by atoms with Gasteiger partial charge in [-0.2, -0.15) is 0 Å². The smallest absolute Gasteiger partial charge is 0.306 e. The molecule has 0 heterocycles. The van der Waals surface area contributed by atoms with Gasteiger partial charge < -0.3 is 24.1 Å². The summed E-state index contributed by atoms with van der Waals surface area (Å²) in [5.74, 6) is -2.00. The summed E-state index contributed by atoms with van der Waals surface area (Å²) in [6.07, 6.45) is 1.22. The van der Waals surface area contributed by atoms with Crippen LogP contribution in [0.1, 0.15) is 114 Å². The molecular weight excluding hydrogens is 552 g/mol. The average Bonchev–Trinajstić information content (AvgIpc) is 3.17. The second kappa shape index (κ2) is 14.1. The van der Waals surface area contributed by atoms with Gasteiger partial charge in [0, 0.05) is 42.9 Å². The Morgan fingerprint density at radius 2 is 1.40 bits per heavy atom. The lowest BCUT2D eigenvalue weighted by molar-refractivity contribution is -0.215. The van der Waals surface area contributed by atoms with Crippen LogP contribution in [0.5, 0.6) is 0 Å². The molecule has 0 aromatic rings. The fourth-order valence-electron chi connectivity index (χ4n) is 8.25. The van der Waals surface area contributed by atoms with Gasteiger partial charge in [-0.1, -0.05) is 54.5 Å². The molecule has 3 aliphatic carbocycles. The van der Waals surface area contributed by atoms with Crippen LogP contribution in [0.15, 0.2) is 11.6 Å². The van der Waals surface area contributed by atoms with Gasteiger partial charge in [-0.3, -0.25) is 19.2 Å². The molecule has 0 aromatic carbocycles. The molecule has 0 radical (unpaired) electrons. The van der Waals surface area contributed by atoms with E-state index in [1.54, 1.807) is 6.92 Å². The number of carbonyl (C=O) groups is 4. The number of ether oxygens (including phenoxy) is 4. The molecular formula is C34H54O9. The molecule has 1 N–H and O–H groups in total. The predicted octanol–water partition coefficient (Wildman–Crippen LogP) is 5.70. The van der Waals surface area contributed by atoms with Crippen LogP contribution in [0.2, 0.25) is 0 Å². The minimum absolute atomic E-state index is 0.0960. The zero-order chi connectivity index (χ0) is 32.3. The zero-order valence-corrected chi connectivity index (χ0v) is 27.6. The van der Waals surface area contributed by atoms with Gasteiger partial charge in [-0.05, 0) is 62.4 Å². The number of esters is 4. The van der Waals surface area contributed by atoms with Gasteiger partial charge in [0.25, 0.3) is 0 Å². The Balaban J connectivity index is 2.26. The summed E-state index contributed by atoms with van der Waals surface area (Å²) in [7, 11) is 0. The van der Waals surface area contributed by atoms with E-state index in [1.165, 1.54) is 6.92 Å². The summed E-state index contributed by atoms with van der Waals surface area (Å²) in [6, 6.07) is 0. The summed E-state index contributed by atoms with van der Waals surface area (Å²) in [5.41, 5.74) is -0.839. The van der Waals surface area contributed by atoms with Gasteiger partial charge in [-0.25, -0.2) is 0 Å². The van der Waals surface area contributed by atoms with Crippen molar-refractivity contribution >= 4 is 23.9 Å². The third-order valence-corrected chi connectivity index (χ3v) is 10.2. The lowest BCUT2D eigenvalue weighted by Gasteiger charge is -2.57. The van der Waals surface area contributed by atoms with E-state index in [9.17, 15) is 24.3 Å². The first kappa shape index (κ1) is 35.1. The Morgan fingerprint density at radius 3 is 1.91 bits per heavy atom. The molecule has 10 atom stereocenters. The monoisotopic (exact) mass is 606 g/mol. The SMILES string of the molecule is CCCC(=O)O[C@H]1C[C@]2(C)[C@@H]([C@H]1C(C)C)[C@@H]1C=C(C)[C@H](O)[C@H](OC(C)=O)[C@@H](OC(=O)CCC)[C@]1(C)C[C@@H]2OC(=O)CCC. The maximum atomic E-state index is 13.1. The summed E-state index contributed by atoms with van der Waals surface area (Å²) >= 11 is 0. The maximum Gasteiger partial charge on any atom is 0.306 e. The number of aliphatic hydroxyl groups excluding tert-OH is 1. The molecule has 3 rings (SSSR count). The molecule has 2 saturated carbocycles. The lowest BCUT2D eigenvalue weighted by Crippen LogP contribution is -2.61. The van der Waals surface area contributed by atoms with Crippen molar-refractivity contribution in [3.05, 3.63) is 11.6 Å². The second-order valence-electron chi connectivity index (χ2n) is 13.9. The molecule has 3 aliphatic rings. The van der Waals surface area contributed by atoms with E-state index in [4.69, 9.17) is 18.9 Å². The molecule has 9 nitrogen and oxygen atoms in total. The molecule has 9 heteroatoms. The molecule has 244 valence electrons. The van der Waals surface area contributed by atoms with Crippen LogP contribution >= 0.6 is 0 Å². The number of rotatable bonds is 11. The summed E-state index contributed by atoms with van der Waals surface area (Å²) in [4.78, 5) is 51.4. The Hall–Kier alpha value is -2.42. The summed E-state index contributed by atoms with van der Waals surface area (Å²) < 4.78 is 24.4. The van der Waals surface area contributed by atoms with Crippen molar-refractivity contribution in [2.24, 2.45) is 34.5 Å². The van der Waals surface area contributed by atoms with Crippen LogP contribution in [0.25, 0.3) is 0 Å². The van der Waals surface area contributed by atoms with Gasteiger partial charge in [0.1, 0.15) is 24.4 Å². The van der Waals surface area contributed by atoms with Crippen molar-refractivity contribution in [3.8, 4) is 0 Å². The summed E-state index contributed by atoms with van der Waals surface area (Å²) in [6.45, 7) is 17.2. The van der Waals surface area contributed by atoms with Crippen molar-refractivity contribution in [2.75, 3.05) is 0 Å². The van der Waals surface area contributed by atoms with E-state index in [0.717, 1.165) is 0 Å². The van der Waals surface area contributed by atoms with Crippen LogP contribution in [0.4, 0.5) is 0 Å². The maximum absolute atomic E-state index is 13.1. The molecule has 0 saturated heterocycles. The number of hydrogen-bond acceptors (Lipinski definition) is 9. The van der Waals surface area contributed by atoms with Crippen LogP contribution in [-0.2, 0) is 38.1 Å². The molecule has 0 bridgehead atoms. The third kappa shape index (κ3) is 7.12. The van der Waals surface area contributed by atoms with E-state index >= 15 is 0 Å². The van der Waals surface area contributed by atoms with Crippen LogP contribution in [0, 0.1) is 34.5 Å². The number of carbonyl (C=O) groups excluding carboxylic acids is 4. The van der Waals surface area contributed by atoms with Crippen LogP contribution in [-0.4, -0.2) is 59.5 Å². The van der Waals surface area contributed by atoms with Crippen LogP contribution < -0.4 is 0 Å². The van der Waals surface area contributed by atoms with Crippen molar-refractivity contribution in [1.82, 2.24) is 0 Å². The van der Waals surface area contributed by atoms with Gasteiger partial charge >= 0.3 is 23.9 Å². The highest BCUT2D eigenvalue weighted by Crippen LogP contribution is 2.67. The van der Waals surface area contributed by atoms with Gasteiger partial charge in [0.15, 0.2) is 6.10 Å². The largest absolute Gasteiger partial charge is 0.462 e. The average molecular weight is 607 g/mol. The van der Waals surface area contributed by atoms with E-state index in [2.05, 4.69) is 20.8 Å². The van der Waals surface area contributed by atoms with E-state index in [-0.39, 0.29) is 48.5 Å². The van der Waals surface area contributed by atoms with Crippen molar-refractivity contribution in [2.45, 2.75) is 144 Å². The van der Waals surface area contributed by atoms with E-state index in [0.29, 0.717) is 44.1 Å². The first-order valence-corrected chi connectivity index (χ1v) is 16.3. The van der Waals surface area contributed by atoms with Gasteiger partial charge in [0.05, 0.1) is 0 Å². The minimum atomic E-state index is -1.20. The molecule has 2 fully saturated rings. The normalized spacial score (nSPS) is 37.0. The highest BCUT2D eigenvalue weighted by Gasteiger charge is 2.69. The van der Waals surface area contributed by atoms with Gasteiger partial charge in [0.2, 0.25) is 0 Å². The Kier molecular flexibility index (Phi) is 11.5. The third-order valence-electron chi connectivity index (χ3n) is 10.2. The van der Waals surface area contributed by atoms with Crippen molar-refractivity contribution < 1.29 is 43.2 Å². The van der Waals surface area contributed by atoms with Crippen molar-refractivity contribution in [1.29, 1.82) is 0 Å². The van der Waals surface area contributed by atoms with E-state index in [1.807, 2.05) is 33.8 Å². The first-order valence-electron chi connectivity index (χ1n) is 16.3. The minimum Gasteiger partial charge on any atom is -0.462 e. The molecule has 0 aliphatic heterocycles. The highest BCUT2D eigenvalue weighted by atomic mass is 16.6. The lowest BCUT2D eigenvalue weighted by atomic mass is 9.49. The molecule has 0 aromatic heterocycles. The zero-order valence-electron chi connectivity index (χ0n) is 27.6. The fourth-order valence-corrected chi connectivity index (χ4v) is 8.25. The molecule has 0 unspecified atom stereocenters. The predicted molar refractivity (Wildman–Crippen MR) is 160 cm³/mol. The molecule has 0 spiro atoms. The number of fused-ring (bicyclic) bond motifs is 3. The number of hydrogen-bond donors (Lipinski definition) is 1. The Bertz CT molecular complexity index is 1070. The molecule has 43 heavy (non-hydrogen) atoms. The standard InChI is InChI=1S/C34H54O9/c1-10-13-25(36)41-23-17-34(9)24(42-26(37)14-11-2)18-33(8)22(29(34)28(23)19(4)5)16-20(6)30(39)31(40-21(7)35)32(33)43-27(38)15-12-3/h16,19,22-24,28-32,39H,10-15,17-18H2,1-9H3/t22-,23-,24-,28-,29+,30-,31-,32+,33+,34-/m0/s1. The summed E-state index contributed by atoms with van der Waals surface area (Å²) in [5, 5.41) is 11.5.